The average Bonchev–Trinajstić information content (AvgIpc) is 2.86. The molecule has 1 aliphatic rings. The van der Waals surface area contributed by atoms with Crippen LogP contribution in [0, 0.1) is 0 Å². The number of alkyl halides is 2. The van der Waals surface area contributed by atoms with Crippen molar-refractivity contribution in [2.45, 2.75) is 44.1 Å². The molecule has 0 radical (unpaired) electrons. The van der Waals surface area contributed by atoms with Gasteiger partial charge in [-0.1, -0.05) is 25.0 Å². The molecule has 21 heavy (non-hydrogen) atoms. The number of carboxylic acid groups (broad SMARTS) is 1. The maximum Gasteiger partial charge on any atom is 0.305 e. The number of rotatable bonds is 5. The monoisotopic (exact) mass is 297 g/mol. The fraction of sp³-hybridized carbons (Fsp3) is 0.467. The molecule has 0 saturated heterocycles. The molecular formula is C15H17F2NO3. The summed E-state index contributed by atoms with van der Waals surface area (Å²) < 4.78 is 25.3. The Balaban J connectivity index is 2.15. The van der Waals surface area contributed by atoms with Crippen LogP contribution in [0.1, 0.15) is 54.5 Å². The van der Waals surface area contributed by atoms with E-state index >= 15 is 0 Å². The van der Waals surface area contributed by atoms with Crippen molar-refractivity contribution < 1.29 is 23.5 Å². The minimum atomic E-state index is -2.64. The molecule has 0 heterocycles. The minimum absolute atomic E-state index is 0.129. The van der Waals surface area contributed by atoms with Gasteiger partial charge in [0.15, 0.2) is 0 Å². The van der Waals surface area contributed by atoms with Crippen molar-refractivity contribution in [3.63, 3.8) is 0 Å². The molecule has 1 saturated carbocycles. The number of hydrogen-bond acceptors (Lipinski definition) is 2. The lowest BCUT2D eigenvalue weighted by Crippen LogP contribution is -2.47. The molecule has 4 nitrogen and oxygen atoms in total. The zero-order valence-electron chi connectivity index (χ0n) is 11.4. The van der Waals surface area contributed by atoms with E-state index in [0.717, 1.165) is 18.9 Å². The summed E-state index contributed by atoms with van der Waals surface area (Å²) in [5, 5.41) is 11.7. The quantitative estimate of drug-likeness (QED) is 0.877. The molecule has 1 aromatic rings. The molecule has 1 aromatic carbocycles. The lowest BCUT2D eigenvalue weighted by molar-refractivity contribution is -0.138. The smallest absolute Gasteiger partial charge is 0.305 e. The third-order valence-corrected chi connectivity index (χ3v) is 3.83. The Kier molecular flexibility index (Phi) is 4.55. The van der Waals surface area contributed by atoms with Crippen molar-refractivity contribution in [3.05, 3.63) is 35.4 Å². The molecular weight excluding hydrogens is 280 g/mol. The highest BCUT2D eigenvalue weighted by Gasteiger charge is 2.37. The molecule has 0 aliphatic heterocycles. The average molecular weight is 297 g/mol. The fourth-order valence-electron chi connectivity index (χ4n) is 2.82. The molecule has 0 bridgehead atoms. The van der Waals surface area contributed by atoms with Crippen LogP contribution < -0.4 is 5.32 Å². The summed E-state index contributed by atoms with van der Waals surface area (Å²) in [5.41, 5.74) is -0.852. The molecule has 6 heteroatoms. The maximum atomic E-state index is 12.7. The number of carbonyl (C=O) groups is 2. The van der Waals surface area contributed by atoms with Crippen LogP contribution in [0.25, 0.3) is 0 Å². The van der Waals surface area contributed by atoms with Gasteiger partial charge in [-0.15, -0.1) is 0 Å². The van der Waals surface area contributed by atoms with Crippen molar-refractivity contribution in [2.75, 3.05) is 0 Å². The third kappa shape index (κ3) is 3.77. The Bertz CT molecular complexity index is 539. The number of carboxylic acids is 1. The highest BCUT2D eigenvalue weighted by atomic mass is 19.3. The second-order valence-electron chi connectivity index (χ2n) is 5.44. The van der Waals surface area contributed by atoms with Crippen molar-refractivity contribution >= 4 is 11.9 Å². The van der Waals surface area contributed by atoms with Gasteiger partial charge in [-0.2, -0.15) is 0 Å². The number of carbonyl (C=O) groups excluding carboxylic acids is 1. The van der Waals surface area contributed by atoms with E-state index in [4.69, 9.17) is 5.11 Å². The molecule has 2 N–H and O–H groups in total. The Hall–Kier alpha value is -1.98. The van der Waals surface area contributed by atoms with E-state index in [9.17, 15) is 18.4 Å². The van der Waals surface area contributed by atoms with Gasteiger partial charge in [-0.25, -0.2) is 8.78 Å². The number of nitrogens with one attached hydrogen (secondary N) is 1. The van der Waals surface area contributed by atoms with Crippen LogP contribution in [-0.2, 0) is 4.79 Å². The number of aliphatic carboxylic acids is 1. The molecule has 1 aliphatic carbocycles. The predicted octanol–water partition coefficient (Wildman–Crippen LogP) is 3.14. The van der Waals surface area contributed by atoms with Crippen molar-refractivity contribution in [1.82, 2.24) is 5.32 Å². The zero-order chi connectivity index (χ0) is 15.5. The summed E-state index contributed by atoms with van der Waals surface area (Å²) in [6.07, 6.45) is 0.110. The van der Waals surface area contributed by atoms with Crippen molar-refractivity contribution in [1.29, 1.82) is 0 Å². The van der Waals surface area contributed by atoms with E-state index in [1.807, 2.05) is 0 Å². The van der Waals surface area contributed by atoms with Gasteiger partial charge in [0.2, 0.25) is 0 Å². The molecule has 0 aromatic heterocycles. The minimum Gasteiger partial charge on any atom is -0.481 e. The largest absolute Gasteiger partial charge is 0.481 e. The van der Waals surface area contributed by atoms with E-state index in [1.54, 1.807) is 0 Å². The van der Waals surface area contributed by atoms with Gasteiger partial charge in [0.25, 0.3) is 12.3 Å². The predicted molar refractivity (Wildman–Crippen MR) is 72.3 cm³/mol. The standard InChI is InChI=1S/C15H17F2NO3/c16-13(17)10-4-3-5-11(8-10)14(21)18-15(9-12(19)20)6-1-2-7-15/h3-5,8,13H,1-2,6-7,9H2,(H,18,21)(H,19,20). The maximum absolute atomic E-state index is 12.7. The van der Waals surface area contributed by atoms with Gasteiger partial charge in [0.05, 0.1) is 12.0 Å². The fourth-order valence-corrected chi connectivity index (χ4v) is 2.82. The highest BCUT2D eigenvalue weighted by Crippen LogP contribution is 2.33. The number of halogens is 2. The summed E-state index contributed by atoms with van der Waals surface area (Å²) in [4.78, 5) is 23.2. The Labute approximate surface area is 121 Å². The van der Waals surface area contributed by atoms with Crippen molar-refractivity contribution in [3.8, 4) is 0 Å². The zero-order valence-corrected chi connectivity index (χ0v) is 11.4. The summed E-state index contributed by atoms with van der Waals surface area (Å²) in [6.45, 7) is 0. The summed E-state index contributed by atoms with van der Waals surface area (Å²) in [6, 6.07) is 5.24. The normalized spacial score (nSPS) is 16.9. The Morgan fingerprint density at radius 1 is 1.29 bits per heavy atom. The Morgan fingerprint density at radius 2 is 1.95 bits per heavy atom. The Morgan fingerprint density at radius 3 is 2.52 bits per heavy atom. The van der Waals surface area contributed by atoms with Crippen LogP contribution in [0.4, 0.5) is 8.78 Å². The SMILES string of the molecule is O=C(O)CC1(NC(=O)c2cccc(C(F)F)c2)CCCC1. The van der Waals surface area contributed by atoms with Crippen LogP contribution >= 0.6 is 0 Å². The van der Waals surface area contributed by atoms with Gasteiger partial charge >= 0.3 is 5.97 Å². The van der Waals surface area contributed by atoms with Crippen molar-refractivity contribution in [2.24, 2.45) is 0 Å². The molecule has 0 spiro atoms. The van der Waals surface area contributed by atoms with E-state index in [-0.39, 0.29) is 17.5 Å². The molecule has 2 rings (SSSR count). The second kappa shape index (κ2) is 6.20. The molecule has 0 atom stereocenters. The van der Waals surface area contributed by atoms with Crippen LogP contribution in [0.5, 0.6) is 0 Å². The van der Waals surface area contributed by atoms with E-state index in [2.05, 4.69) is 5.32 Å². The van der Waals surface area contributed by atoms with Gasteiger partial charge in [-0.3, -0.25) is 9.59 Å². The topological polar surface area (TPSA) is 66.4 Å². The van der Waals surface area contributed by atoms with E-state index in [1.165, 1.54) is 18.2 Å². The number of amides is 1. The van der Waals surface area contributed by atoms with Gasteiger partial charge in [-0.05, 0) is 25.0 Å². The molecule has 0 unspecified atom stereocenters. The van der Waals surface area contributed by atoms with Crippen LogP contribution in [0.3, 0.4) is 0 Å². The van der Waals surface area contributed by atoms with Crippen LogP contribution in [0.2, 0.25) is 0 Å². The summed E-state index contributed by atoms with van der Waals surface area (Å²) in [5.74, 6) is -1.47. The first kappa shape index (κ1) is 15.4. The molecule has 1 fully saturated rings. The number of benzene rings is 1. The lowest BCUT2D eigenvalue weighted by Gasteiger charge is -2.28. The first-order valence-electron chi connectivity index (χ1n) is 6.84. The first-order valence-corrected chi connectivity index (χ1v) is 6.84. The highest BCUT2D eigenvalue weighted by molar-refractivity contribution is 5.95. The molecule has 114 valence electrons. The number of hydrogen-bond donors (Lipinski definition) is 2. The van der Waals surface area contributed by atoms with E-state index < -0.39 is 23.8 Å². The third-order valence-electron chi connectivity index (χ3n) is 3.83. The van der Waals surface area contributed by atoms with Crippen LogP contribution in [-0.4, -0.2) is 22.5 Å². The summed E-state index contributed by atoms with van der Waals surface area (Å²) >= 11 is 0. The second-order valence-corrected chi connectivity index (χ2v) is 5.44. The van der Waals surface area contributed by atoms with Gasteiger partial charge in [0, 0.05) is 11.1 Å². The van der Waals surface area contributed by atoms with Gasteiger partial charge in [0.1, 0.15) is 0 Å². The van der Waals surface area contributed by atoms with Gasteiger partial charge < -0.3 is 10.4 Å². The first-order chi connectivity index (χ1) is 9.92. The lowest BCUT2D eigenvalue weighted by atomic mass is 9.92. The summed E-state index contributed by atoms with van der Waals surface area (Å²) in [7, 11) is 0. The van der Waals surface area contributed by atoms with E-state index in [0.29, 0.717) is 12.8 Å². The van der Waals surface area contributed by atoms with Crippen LogP contribution in [0.15, 0.2) is 24.3 Å². The molecule has 1 amide bonds.